The Labute approximate surface area is 88.2 Å². The summed E-state index contributed by atoms with van der Waals surface area (Å²) in [5.41, 5.74) is 1.77. The molecule has 0 fully saturated rings. The molecule has 1 heterocycles. The molecule has 0 aliphatic carbocycles. The van der Waals surface area contributed by atoms with Crippen molar-refractivity contribution in [3.63, 3.8) is 0 Å². The quantitative estimate of drug-likeness (QED) is 0.854. The van der Waals surface area contributed by atoms with Crippen molar-refractivity contribution in [3.8, 4) is 11.3 Å². The predicted molar refractivity (Wildman–Crippen MR) is 54.5 cm³/mol. The zero-order chi connectivity index (χ0) is 9.26. The highest BCUT2D eigenvalue weighted by Gasteiger charge is 2.05. The first-order valence-corrected chi connectivity index (χ1v) is 4.75. The van der Waals surface area contributed by atoms with Gasteiger partial charge in [-0.25, -0.2) is 0 Å². The fraction of sp³-hybridized carbons (Fsp3) is 0. The first-order valence-electron chi connectivity index (χ1n) is 3.58. The Kier molecular flexibility index (Phi) is 2.33. The van der Waals surface area contributed by atoms with E-state index in [1.54, 1.807) is 6.20 Å². The molecule has 13 heavy (non-hydrogen) atoms. The van der Waals surface area contributed by atoms with Crippen molar-refractivity contribution in [1.82, 2.24) is 15.4 Å². The van der Waals surface area contributed by atoms with Crippen molar-refractivity contribution in [2.75, 3.05) is 0 Å². The van der Waals surface area contributed by atoms with Gasteiger partial charge < -0.3 is 0 Å². The Morgan fingerprint density at radius 3 is 2.85 bits per heavy atom. The van der Waals surface area contributed by atoms with Crippen molar-refractivity contribution in [1.29, 1.82) is 0 Å². The first kappa shape index (κ1) is 8.72. The van der Waals surface area contributed by atoms with E-state index in [9.17, 15) is 0 Å². The predicted octanol–water partition coefficient (Wildman–Crippen LogP) is 2.89. The summed E-state index contributed by atoms with van der Waals surface area (Å²) in [4.78, 5) is 0. The molecule has 0 saturated carbocycles. The van der Waals surface area contributed by atoms with E-state index in [1.165, 1.54) is 0 Å². The number of aromatic amines is 1. The summed E-state index contributed by atoms with van der Waals surface area (Å²) in [6.45, 7) is 0. The van der Waals surface area contributed by atoms with Gasteiger partial charge in [0.05, 0.1) is 6.20 Å². The molecular formula is C8H5BrClN3. The fourth-order valence-electron chi connectivity index (χ4n) is 1.03. The molecule has 2 rings (SSSR count). The van der Waals surface area contributed by atoms with Crippen LogP contribution in [0.2, 0.25) is 5.02 Å². The zero-order valence-electron chi connectivity index (χ0n) is 6.46. The van der Waals surface area contributed by atoms with Crippen LogP contribution in [0.1, 0.15) is 0 Å². The maximum atomic E-state index is 5.80. The number of rotatable bonds is 1. The van der Waals surface area contributed by atoms with Crippen molar-refractivity contribution in [2.24, 2.45) is 0 Å². The number of hydrogen-bond acceptors (Lipinski definition) is 2. The molecule has 0 atom stereocenters. The number of aromatic nitrogens is 3. The summed E-state index contributed by atoms with van der Waals surface area (Å²) < 4.78 is 0.911. The Balaban J connectivity index is 2.53. The second-order valence-electron chi connectivity index (χ2n) is 2.48. The second kappa shape index (κ2) is 3.47. The standard InChI is InChI=1S/C8H5BrClN3/c9-7-3-5(10)1-2-6(7)8-4-11-13-12-8/h1-4H,(H,11,12,13). The summed E-state index contributed by atoms with van der Waals surface area (Å²) >= 11 is 9.21. The van der Waals surface area contributed by atoms with Gasteiger partial charge in [-0.3, -0.25) is 0 Å². The largest absolute Gasteiger partial charge is 0.197 e. The molecule has 1 N–H and O–H groups in total. The molecule has 5 heteroatoms. The molecule has 3 nitrogen and oxygen atoms in total. The molecule has 0 amide bonds. The third-order valence-electron chi connectivity index (χ3n) is 1.62. The molecule has 0 radical (unpaired) electrons. The molecule has 0 aliphatic rings. The lowest BCUT2D eigenvalue weighted by molar-refractivity contribution is 0.942. The number of halogens is 2. The lowest BCUT2D eigenvalue weighted by Crippen LogP contribution is -1.79. The summed E-state index contributed by atoms with van der Waals surface area (Å²) in [6.07, 6.45) is 1.66. The molecule has 0 bridgehead atoms. The maximum Gasteiger partial charge on any atom is 0.113 e. The van der Waals surface area contributed by atoms with E-state index < -0.39 is 0 Å². The van der Waals surface area contributed by atoms with Gasteiger partial charge in [0.1, 0.15) is 5.69 Å². The molecule has 0 spiro atoms. The van der Waals surface area contributed by atoms with Gasteiger partial charge in [-0.15, -0.1) is 0 Å². The van der Waals surface area contributed by atoms with Crippen LogP contribution in [0.5, 0.6) is 0 Å². The highest BCUT2D eigenvalue weighted by molar-refractivity contribution is 9.10. The second-order valence-corrected chi connectivity index (χ2v) is 3.77. The van der Waals surface area contributed by atoms with E-state index in [0.29, 0.717) is 5.02 Å². The van der Waals surface area contributed by atoms with Crippen LogP contribution in [0.3, 0.4) is 0 Å². The average molecular weight is 259 g/mol. The minimum atomic E-state index is 0.694. The van der Waals surface area contributed by atoms with Crippen LogP contribution in [0.4, 0.5) is 0 Å². The van der Waals surface area contributed by atoms with E-state index in [4.69, 9.17) is 11.6 Å². The van der Waals surface area contributed by atoms with Gasteiger partial charge >= 0.3 is 0 Å². The van der Waals surface area contributed by atoms with Gasteiger partial charge in [0.2, 0.25) is 0 Å². The topological polar surface area (TPSA) is 41.6 Å². The van der Waals surface area contributed by atoms with Gasteiger partial charge in [0, 0.05) is 15.1 Å². The first-order chi connectivity index (χ1) is 6.27. The Hall–Kier alpha value is -0.870. The monoisotopic (exact) mass is 257 g/mol. The highest BCUT2D eigenvalue weighted by Crippen LogP contribution is 2.28. The smallest absolute Gasteiger partial charge is 0.113 e. The van der Waals surface area contributed by atoms with E-state index in [-0.39, 0.29) is 0 Å². The zero-order valence-corrected chi connectivity index (χ0v) is 8.80. The minimum Gasteiger partial charge on any atom is -0.197 e. The molecule has 0 aliphatic heterocycles. The normalized spacial score (nSPS) is 10.3. The summed E-state index contributed by atoms with van der Waals surface area (Å²) in [6, 6.07) is 5.53. The SMILES string of the molecule is Clc1ccc(-c2cn[nH]n2)c(Br)c1. The molecule has 0 unspecified atom stereocenters. The molecule has 1 aromatic heterocycles. The number of nitrogens with zero attached hydrogens (tertiary/aromatic N) is 2. The fourth-order valence-corrected chi connectivity index (χ4v) is 1.91. The van der Waals surface area contributed by atoms with Crippen LogP contribution in [0.25, 0.3) is 11.3 Å². The van der Waals surface area contributed by atoms with Crippen LogP contribution in [-0.4, -0.2) is 15.4 Å². The summed E-state index contributed by atoms with van der Waals surface area (Å²) in [5.74, 6) is 0. The van der Waals surface area contributed by atoms with E-state index in [1.807, 2.05) is 18.2 Å². The highest BCUT2D eigenvalue weighted by atomic mass is 79.9. The average Bonchev–Trinajstić information content (AvgIpc) is 2.56. The van der Waals surface area contributed by atoms with Crippen LogP contribution in [0.15, 0.2) is 28.9 Å². The van der Waals surface area contributed by atoms with Gasteiger partial charge in [0.25, 0.3) is 0 Å². The lowest BCUT2D eigenvalue weighted by atomic mass is 10.2. The van der Waals surface area contributed by atoms with Crippen LogP contribution in [0, 0.1) is 0 Å². The van der Waals surface area contributed by atoms with Gasteiger partial charge in [-0.05, 0) is 12.1 Å². The summed E-state index contributed by atoms with van der Waals surface area (Å²) in [5, 5.41) is 10.9. The molecule has 66 valence electrons. The Bertz CT molecular complexity index is 413. The third-order valence-corrected chi connectivity index (χ3v) is 2.51. The molecule has 1 aromatic carbocycles. The molecule has 2 aromatic rings. The number of nitrogens with one attached hydrogen (secondary N) is 1. The van der Waals surface area contributed by atoms with Gasteiger partial charge in [0.15, 0.2) is 0 Å². The van der Waals surface area contributed by atoms with Crippen LogP contribution in [-0.2, 0) is 0 Å². The van der Waals surface area contributed by atoms with E-state index in [0.717, 1.165) is 15.7 Å². The van der Waals surface area contributed by atoms with Gasteiger partial charge in [-0.2, -0.15) is 15.4 Å². The lowest BCUT2D eigenvalue weighted by Gasteiger charge is -1.99. The van der Waals surface area contributed by atoms with Crippen molar-refractivity contribution >= 4 is 27.5 Å². The van der Waals surface area contributed by atoms with E-state index >= 15 is 0 Å². The third kappa shape index (κ3) is 1.73. The van der Waals surface area contributed by atoms with Crippen molar-refractivity contribution < 1.29 is 0 Å². The number of H-pyrrole nitrogens is 1. The number of hydrogen-bond donors (Lipinski definition) is 1. The molecule has 0 saturated heterocycles. The minimum absolute atomic E-state index is 0.694. The maximum absolute atomic E-state index is 5.80. The van der Waals surface area contributed by atoms with Crippen LogP contribution < -0.4 is 0 Å². The van der Waals surface area contributed by atoms with E-state index in [2.05, 4.69) is 31.3 Å². The Morgan fingerprint density at radius 2 is 2.23 bits per heavy atom. The van der Waals surface area contributed by atoms with Crippen molar-refractivity contribution in [3.05, 3.63) is 33.9 Å². The van der Waals surface area contributed by atoms with Crippen molar-refractivity contribution in [2.45, 2.75) is 0 Å². The molecular weight excluding hydrogens is 253 g/mol. The van der Waals surface area contributed by atoms with Crippen LogP contribution >= 0.6 is 27.5 Å². The number of benzene rings is 1. The van der Waals surface area contributed by atoms with Gasteiger partial charge in [-0.1, -0.05) is 33.6 Å². The summed E-state index contributed by atoms with van der Waals surface area (Å²) in [7, 11) is 0. The Morgan fingerprint density at radius 1 is 1.38 bits per heavy atom.